The summed E-state index contributed by atoms with van der Waals surface area (Å²) in [6.45, 7) is 4.51. The molecule has 122 valence electrons. The fourth-order valence-electron chi connectivity index (χ4n) is 2.05. The summed E-state index contributed by atoms with van der Waals surface area (Å²) in [5.74, 6) is 1.11. The first-order valence-corrected chi connectivity index (χ1v) is 7.59. The smallest absolute Gasteiger partial charge is 0.321 e. The molecule has 2 N–H and O–H groups in total. The van der Waals surface area contributed by atoms with E-state index in [4.69, 9.17) is 15.2 Å². The molecule has 1 amide bonds. The Balaban J connectivity index is 1.98. The Labute approximate surface area is 135 Å². The van der Waals surface area contributed by atoms with Crippen LogP contribution in [0.5, 0.6) is 17.5 Å². The maximum Gasteiger partial charge on any atom is 0.321 e. The third-order valence-electron chi connectivity index (χ3n) is 3.24. The molecular weight excluding hydrogens is 294 g/mol. The average Bonchev–Trinajstić information content (AvgIpc) is 2.52. The van der Waals surface area contributed by atoms with E-state index in [1.54, 1.807) is 12.4 Å². The molecular formula is C17H21N3O3. The summed E-state index contributed by atoms with van der Waals surface area (Å²) in [5.41, 5.74) is 7.10. The van der Waals surface area contributed by atoms with Gasteiger partial charge in [-0.05, 0) is 43.9 Å². The van der Waals surface area contributed by atoms with Crippen molar-refractivity contribution in [3.8, 4) is 17.5 Å². The zero-order valence-electron chi connectivity index (χ0n) is 13.4. The lowest BCUT2D eigenvalue weighted by molar-refractivity contribution is -0.118. The van der Waals surface area contributed by atoms with Crippen molar-refractivity contribution >= 4 is 5.91 Å². The molecule has 6 nitrogen and oxygen atoms in total. The summed E-state index contributed by atoms with van der Waals surface area (Å²) in [6.07, 6.45) is 5.15. The zero-order valence-corrected chi connectivity index (χ0v) is 13.4. The molecule has 1 aromatic heterocycles. The lowest BCUT2D eigenvalue weighted by atomic mass is 10.1. The number of nitrogens with zero attached hydrogens (tertiary/aromatic N) is 2. The van der Waals surface area contributed by atoms with Crippen molar-refractivity contribution < 1.29 is 14.3 Å². The summed E-state index contributed by atoms with van der Waals surface area (Å²) in [5, 5.41) is 0. The van der Waals surface area contributed by atoms with Gasteiger partial charge in [0, 0.05) is 24.9 Å². The maximum absolute atomic E-state index is 10.7. The predicted octanol–water partition coefficient (Wildman–Crippen LogP) is 2.78. The fraction of sp³-hybridized carbons (Fsp3) is 0.353. The van der Waals surface area contributed by atoms with E-state index in [2.05, 4.69) is 9.97 Å². The van der Waals surface area contributed by atoms with Gasteiger partial charge in [0.1, 0.15) is 11.5 Å². The van der Waals surface area contributed by atoms with Gasteiger partial charge >= 0.3 is 6.01 Å². The molecule has 0 bridgehead atoms. The second-order valence-corrected chi connectivity index (χ2v) is 5.16. The molecule has 0 aliphatic heterocycles. The van der Waals surface area contributed by atoms with Crippen LogP contribution in [-0.2, 0) is 11.2 Å². The van der Waals surface area contributed by atoms with Gasteiger partial charge in [-0.2, -0.15) is 0 Å². The van der Waals surface area contributed by atoms with Crippen molar-refractivity contribution in [1.82, 2.24) is 9.97 Å². The number of carbonyl (C=O) groups is 1. The van der Waals surface area contributed by atoms with E-state index in [0.29, 0.717) is 31.6 Å². The molecule has 0 unspecified atom stereocenters. The summed E-state index contributed by atoms with van der Waals surface area (Å²) in [7, 11) is 0. The van der Waals surface area contributed by atoms with Gasteiger partial charge in [0.15, 0.2) is 0 Å². The van der Waals surface area contributed by atoms with Crippen LogP contribution < -0.4 is 15.2 Å². The number of rotatable bonds is 8. The first-order valence-electron chi connectivity index (χ1n) is 7.59. The number of nitrogens with two attached hydrogens (primary N) is 1. The molecule has 6 heteroatoms. The Hall–Kier alpha value is -2.63. The second-order valence-electron chi connectivity index (χ2n) is 5.16. The number of carbonyl (C=O) groups excluding carboxylic acids is 1. The molecule has 2 rings (SSSR count). The van der Waals surface area contributed by atoms with E-state index in [-0.39, 0.29) is 11.9 Å². The Morgan fingerprint density at radius 3 is 2.65 bits per heavy atom. The van der Waals surface area contributed by atoms with Gasteiger partial charge in [-0.3, -0.25) is 4.79 Å². The number of aryl methyl sites for hydroxylation is 2. The van der Waals surface area contributed by atoms with Gasteiger partial charge in [0.25, 0.3) is 0 Å². The Morgan fingerprint density at radius 1 is 1.26 bits per heavy atom. The van der Waals surface area contributed by atoms with Crippen molar-refractivity contribution in [2.75, 3.05) is 6.61 Å². The van der Waals surface area contributed by atoms with Crippen molar-refractivity contribution in [2.24, 2.45) is 5.73 Å². The van der Waals surface area contributed by atoms with Gasteiger partial charge in [0.05, 0.1) is 6.61 Å². The quantitative estimate of drug-likeness (QED) is 0.809. The minimum atomic E-state index is -0.296. The number of aromatic nitrogens is 2. The second kappa shape index (κ2) is 8.12. The topological polar surface area (TPSA) is 87.3 Å². The van der Waals surface area contributed by atoms with Crippen molar-refractivity contribution in [2.45, 2.75) is 33.1 Å². The Bertz CT molecular complexity index is 657. The molecule has 0 spiro atoms. The van der Waals surface area contributed by atoms with Crippen LogP contribution in [0, 0.1) is 6.92 Å². The molecule has 2 aromatic rings. The largest absolute Gasteiger partial charge is 0.493 e. The molecule has 0 aliphatic carbocycles. The number of hydrogen-bond acceptors (Lipinski definition) is 5. The van der Waals surface area contributed by atoms with E-state index in [1.165, 1.54) is 0 Å². The van der Waals surface area contributed by atoms with E-state index in [0.717, 1.165) is 16.9 Å². The third kappa shape index (κ3) is 5.25. The number of primary amides is 1. The Kier molecular flexibility index (Phi) is 5.91. The third-order valence-corrected chi connectivity index (χ3v) is 3.24. The average molecular weight is 315 g/mol. The molecule has 1 heterocycles. The van der Waals surface area contributed by atoms with Gasteiger partial charge in [0.2, 0.25) is 5.91 Å². The highest BCUT2D eigenvalue weighted by Crippen LogP contribution is 2.26. The summed E-state index contributed by atoms with van der Waals surface area (Å²) >= 11 is 0. The van der Waals surface area contributed by atoms with Gasteiger partial charge in [-0.1, -0.05) is 6.07 Å². The SMILES string of the molecule is CCOc1cc(Oc2ncc(CCCC(N)=O)cn2)ccc1C. The zero-order chi connectivity index (χ0) is 16.7. The highest BCUT2D eigenvalue weighted by atomic mass is 16.5. The normalized spacial score (nSPS) is 10.3. The molecule has 0 saturated heterocycles. The molecule has 1 aromatic carbocycles. The van der Waals surface area contributed by atoms with Crippen LogP contribution in [0.1, 0.15) is 30.9 Å². The van der Waals surface area contributed by atoms with E-state index in [1.807, 2.05) is 32.0 Å². The Morgan fingerprint density at radius 2 is 2.00 bits per heavy atom. The van der Waals surface area contributed by atoms with Crippen molar-refractivity contribution in [1.29, 1.82) is 0 Å². The van der Waals surface area contributed by atoms with Crippen molar-refractivity contribution in [3.05, 3.63) is 41.7 Å². The van der Waals surface area contributed by atoms with E-state index in [9.17, 15) is 4.79 Å². The maximum atomic E-state index is 10.7. The number of hydrogen-bond donors (Lipinski definition) is 1. The number of benzene rings is 1. The van der Waals surface area contributed by atoms with Crippen LogP contribution in [0.3, 0.4) is 0 Å². The monoisotopic (exact) mass is 315 g/mol. The highest BCUT2D eigenvalue weighted by Gasteiger charge is 2.05. The number of amides is 1. The fourth-order valence-corrected chi connectivity index (χ4v) is 2.05. The lowest BCUT2D eigenvalue weighted by Crippen LogP contribution is -2.10. The van der Waals surface area contributed by atoms with Crippen LogP contribution in [0.4, 0.5) is 0 Å². The molecule has 0 saturated carbocycles. The van der Waals surface area contributed by atoms with Crippen LogP contribution >= 0.6 is 0 Å². The molecule has 0 fully saturated rings. The van der Waals surface area contributed by atoms with Crippen LogP contribution in [0.2, 0.25) is 0 Å². The lowest BCUT2D eigenvalue weighted by Gasteiger charge is -2.09. The molecule has 0 atom stereocenters. The summed E-state index contributed by atoms with van der Waals surface area (Å²) in [6, 6.07) is 5.87. The minimum Gasteiger partial charge on any atom is -0.493 e. The van der Waals surface area contributed by atoms with Crippen molar-refractivity contribution in [3.63, 3.8) is 0 Å². The van der Waals surface area contributed by atoms with Crippen LogP contribution in [0.15, 0.2) is 30.6 Å². The van der Waals surface area contributed by atoms with Crippen LogP contribution in [0.25, 0.3) is 0 Å². The standard InChI is InChI=1S/C17H21N3O3/c1-3-22-15-9-14(8-7-12(15)2)23-17-19-10-13(11-20-17)5-4-6-16(18)21/h7-11H,3-6H2,1-2H3,(H2,18,21). The minimum absolute atomic E-state index is 0.273. The van der Waals surface area contributed by atoms with E-state index < -0.39 is 0 Å². The first kappa shape index (κ1) is 16.7. The molecule has 23 heavy (non-hydrogen) atoms. The first-order chi connectivity index (χ1) is 11.1. The summed E-state index contributed by atoms with van der Waals surface area (Å²) in [4.78, 5) is 19.1. The predicted molar refractivity (Wildman–Crippen MR) is 86.6 cm³/mol. The van der Waals surface area contributed by atoms with Gasteiger partial charge in [-0.15, -0.1) is 0 Å². The highest BCUT2D eigenvalue weighted by molar-refractivity contribution is 5.73. The summed E-state index contributed by atoms with van der Waals surface area (Å²) < 4.78 is 11.2. The van der Waals surface area contributed by atoms with Crippen LogP contribution in [-0.4, -0.2) is 22.5 Å². The van der Waals surface area contributed by atoms with E-state index >= 15 is 0 Å². The van der Waals surface area contributed by atoms with Gasteiger partial charge in [-0.25, -0.2) is 9.97 Å². The molecule has 0 radical (unpaired) electrons. The van der Waals surface area contributed by atoms with Gasteiger partial charge < -0.3 is 15.2 Å². The number of ether oxygens (including phenoxy) is 2. The molecule has 0 aliphatic rings.